The van der Waals surface area contributed by atoms with Crippen molar-refractivity contribution in [2.75, 3.05) is 13.2 Å². The number of benzene rings is 1. The van der Waals surface area contributed by atoms with E-state index in [-0.39, 0.29) is 0 Å². The molecule has 1 rings (SSSR count). The molecule has 3 N–H and O–H groups in total. The molecule has 0 aliphatic heterocycles. The van der Waals surface area contributed by atoms with Crippen molar-refractivity contribution in [1.82, 2.24) is 5.32 Å². The van der Waals surface area contributed by atoms with Gasteiger partial charge in [0.2, 0.25) is 0 Å². The van der Waals surface area contributed by atoms with Gasteiger partial charge in [0, 0.05) is 13.2 Å². The van der Waals surface area contributed by atoms with Crippen molar-refractivity contribution < 1.29 is 0 Å². The molecule has 72 valence electrons. The number of rotatable bonds is 4. The molecule has 0 aromatic heterocycles. The van der Waals surface area contributed by atoms with E-state index in [2.05, 4.69) is 5.32 Å². The monoisotopic (exact) mass is 218 g/mol. The highest BCUT2D eigenvalue weighted by Gasteiger charge is 1.98. The maximum atomic E-state index is 5.85. The van der Waals surface area contributed by atoms with Crippen LogP contribution in [0, 0.1) is 0 Å². The van der Waals surface area contributed by atoms with Crippen LogP contribution in [0.4, 0.5) is 0 Å². The van der Waals surface area contributed by atoms with E-state index in [1.807, 2.05) is 18.2 Å². The minimum Gasteiger partial charge on any atom is -0.318 e. The van der Waals surface area contributed by atoms with E-state index in [0.717, 1.165) is 18.5 Å². The largest absolute Gasteiger partial charge is 0.318 e. The maximum Gasteiger partial charge on any atom is 0.0595 e. The molecule has 1 aromatic carbocycles. The molecule has 0 aliphatic rings. The van der Waals surface area contributed by atoms with Crippen molar-refractivity contribution in [1.29, 1.82) is 0 Å². The van der Waals surface area contributed by atoms with Gasteiger partial charge in [-0.05, 0) is 24.1 Å². The van der Waals surface area contributed by atoms with Gasteiger partial charge in [0.15, 0.2) is 0 Å². The Labute approximate surface area is 88.0 Å². The summed E-state index contributed by atoms with van der Waals surface area (Å²) >= 11 is 11.6. The molecular weight excluding hydrogens is 207 g/mol. The Morgan fingerprint density at radius 3 is 2.62 bits per heavy atom. The lowest BCUT2D eigenvalue weighted by molar-refractivity contribution is 0.701. The van der Waals surface area contributed by atoms with Crippen LogP contribution >= 0.6 is 23.2 Å². The van der Waals surface area contributed by atoms with E-state index < -0.39 is 0 Å². The number of hydrogen-bond acceptors (Lipinski definition) is 2. The summed E-state index contributed by atoms with van der Waals surface area (Å²) in [4.78, 5) is 0. The van der Waals surface area contributed by atoms with Gasteiger partial charge in [0.05, 0.1) is 10.0 Å². The van der Waals surface area contributed by atoms with Crippen LogP contribution in [0.15, 0.2) is 18.2 Å². The fourth-order valence-electron chi connectivity index (χ4n) is 1.03. The molecule has 0 fully saturated rings. The average molecular weight is 219 g/mol. The Morgan fingerprint density at radius 1 is 1.23 bits per heavy atom. The van der Waals surface area contributed by atoms with E-state index >= 15 is 0 Å². The first-order valence-electron chi connectivity index (χ1n) is 4.08. The van der Waals surface area contributed by atoms with E-state index in [0.29, 0.717) is 16.7 Å². The van der Waals surface area contributed by atoms with Crippen molar-refractivity contribution in [3.05, 3.63) is 33.8 Å². The van der Waals surface area contributed by atoms with Gasteiger partial charge in [-0.3, -0.25) is 0 Å². The molecule has 0 atom stereocenters. The molecule has 0 aliphatic carbocycles. The summed E-state index contributed by atoms with van der Waals surface area (Å²) in [5, 5.41) is 4.23. The summed E-state index contributed by atoms with van der Waals surface area (Å²) in [5.74, 6) is 0. The van der Waals surface area contributed by atoms with E-state index in [9.17, 15) is 0 Å². The highest BCUT2D eigenvalue weighted by molar-refractivity contribution is 6.42. The molecule has 13 heavy (non-hydrogen) atoms. The lowest BCUT2D eigenvalue weighted by Crippen LogP contribution is -2.24. The Balaban J connectivity index is 2.53. The summed E-state index contributed by atoms with van der Waals surface area (Å²) in [7, 11) is 0. The second-order valence-electron chi connectivity index (χ2n) is 2.70. The van der Waals surface area contributed by atoms with Crippen molar-refractivity contribution in [3.8, 4) is 0 Å². The van der Waals surface area contributed by atoms with Crippen LogP contribution in [0.1, 0.15) is 5.56 Å². The zero-order chi connectivity index (χ0) is 9.68. The van der Waals surface area contributed by atoms with Crippen molar-refractivity contribution in [2.45, 2.75) is 6.42 Å². The van der Waals surface area contributed by atoms with Crippen LogP contribution in [-0.2, 0) is 6.42 Å². The van der Waals surface area contributed by atoms with Crippen molar-refractivity contribution >= 4 is 23.2 Å². The molecule has 0 heterocycles. The fourth-order valence-corrected chi connectivity index (χ4v) is 1.35. The molecule has 0 amide bonds. The summed E-state index contributed by atoms with van der Waals surface area (Å²) in [6, 6.07) is 5.65. The topological polar surface area (TPSA) is 38.0 Å². The summed E-state index contributed by atoms with van der Waals surface area (Å²) in [5.41, 5.74) is 6.45. The molecule has 0 saturated carbocycles. The maximum absolute atomic E-state index is 5.85. The van der Waals surface area contributed by atoms with E-state index in [4.69, 9.17) is 28.9 Å². The van der Waals surface area contributed by atoms with Crippen LogP contribution < -0.4 is 11.1 Å². The molecule has 0 bridgehead atoms. The normalized spacial score (nSPS) is 10.4. The van der Waals surface area contributed by atoms with Crippen LogP contribution in [0.25, 0.3) is 0 Å². The summed E-state index contributed by atoms with van der Waals surface area (Å²) in [6.45, 7) is 1.36. The third-order valence-corrected chi connectivity index (χ3v) is 2.46. The smallest absolute Gasteiger partial charge is 0.0595 e. The molecule has 1 aromatic rings. The van der Waals surface area contributed by atoms with Gasteiger partial charge in [0.1, 0.15) is 0 Å². The molecule has 4 heteroatoms. The molecular formula is C9H12Cl2N2. The van der Waals surface area contributed by atoms with E-state index in [1.54, 1.807) is 0 Å². The minimum atomic E-state index is 0.501. The molecule has 0 radical (unpaired) electrons. The lowest BCUT2D eigenvalue weighted by atomic mass is 10.1. The highest BCUT2D eigenvalue weighted by Crippen LogP contribution is 2.22. The first-order valence-corrected chi connectivity index (χ1v) is 4.84. The van der Waals surface area contributed by atoms with Gasteiger partial charge in [-0.25, -0.2) is 0 Å². The van der Waals surface area contributed by atoms with Crippen LogP contribution in [0.3, 0.4) is 0 Å². The summed E-state index contributed by atoms with van der Waals surface area (Å²) < 4.78 is 0. The lowest BCUT2D eigenvalue weighted by Gasteiger charge is -2.03. The fraction of sp³-hybridized carbons (Fsp3) is 0.333. The molecule has 0 unspecified atom stereocenters. The third-order valence-electron chi connectivity index (χ3n) is 1.72. The van der Waals surface area contributed by atoms with Crippen LogP contribution in [0.5, 0.6) is 0 Å². The first kappa shape index (κ1) is 10.8. The van der Waals surface area contributed by atoms with Gasteiger partial charge in [-0.2, -0.15) is 0 Å². The molecule has 2 nitrogen and oxygen atoms in total. The van der Waals surface area contributed by atoms with Crippen molar-refractivity contribution in [2.24, 2.45) is 5.73 Å². The highest BCUT2D eigenvalue weighted by atomic mass is 35.5. The second kappa shape index (κ2) is 5.45. The van der Waals surface area contributed by atoms with Gasteiger partial charge < -0.3 is 11.1 Å². The number of nitrogens with one attached hydrogen (secondary N) is 1. The number of hydrogen-bond donors (Lipinski definition) is 2. The predicted octanol–water partition coefficient (Wildman–Crippen LogP) is 2.04. The zero-order valence-corrected chi connectivity index (χ0v) is 8.70. The third kappa shape index (κ3) is 3.53. The SMILES string of the molecule is NCNCCc1ccc(Cl)c(Cl)c1. The minimum absolute atomic E-state index is 0.501. The Hall–Kier alpha value is -0.280. The van der Waals surface area contributed by atoms with E-state index in [1.165, 1.54) is 0 Å². The molecule has 0 spiro atoms. The van der Waals surface area contributed by atoms with Gasteiger partial charge in [-0.1, -0.05) is 29.3 Å². The first-order chi connectivity index (χ1) is 6.24. The van der Waals surface area contributed by atoms with Gasteiger partial charge >= 0.3 is 0 Å². The number of nitrogens with two attached hydrogens (primary N) is 1. The molecule has 0 saturated heterocycles. The second-order valence-corrected chi connectivity index (χ2v) is 3.52. The Morgan fingerprint density at radius 2 is 2.00 bits per heavy atom. The Bertz CT molecular complexity index is 276. The average Bonchev–Trinajstić information content (AvgIpc) is 2.12. The van der Waals surface area contributed by atoms with Crippen LogP contribution in [0.2, 0.25) is 10.0 Å². The quantitative estimate of drug-likeness (QED) is 0.600. The van der Waals surface area contributed by atoms with Gasteiger partial charge in [0.25, 0.3) is 0 Å². The zero-order valence-electron chi connectivity index (χ0n) is 7.19. The number of halogens is 2. The van der Waals surface area contributed by atoms with Crippen LogP contribution in [-0.4, -0.2) is 13.2 Å². The predicted molar refractivity (Wildman–Crippen MR) is 57.2 cm³/mol. The van der Waals surface area contributed by atoms with Crippen molar-refractivity contribution in [3.63, 3.8) is 0 Å². The van der Waals surface area contributed by atoms with Gasteiger partial charge in [-0.15, -0.1) is 0 Å². The summed E-state index contributed by atoms with van der Waals surface area (Å²) in [6.07, 6.45) is 0.911. The standard InChI is InChI=1S/C9H12Cl2N2/c10-8-2-1-7(5-9(8)11)3-4-13-6-12/h1-2,5,13H,3-4,6,12H2. The Kier molecular flexibility index (Phi) is 4.53.